The number of carbonyl (C=O) groups excluding carboxylic acids is 1. The topological polar surface area (TPSA) is 43.8 Å². The summed E-state index contributed by atoms with van der Waals surface area (Å²) >= 11 is 0. The highest BCUT2D eigenvalue weighted by molar-refractivity contribution is 5.94. The highest BCUT2D eigenvalue weighted by atomic mass is 16.3. The molecule has 0 spiro atoms. The maximum atomic E-state index is 12.6. The predicted molar refractivity (Wildman–Crippen MR) is 89.2 cm³/mol. The number of piperazine rings is 1. The Morgan fingerprint density at radius 2 is 1.73 bits per heavy atom. The van der Waals surface area contributed by atoms with E-state index in [9.17, 15) is 4.79 Å². The van der Waals surface area contributed by atoms with Crippen molar-refractivity contribution in [1.29, 1.82) is 0 Å². The van der Waals surface area contributed by atoms with E-state index in [1.165, 1.54) is 5.56 Å². The van der Waals surface area contributed by atoms with Crippen LogP contribution in [-0.2, 0) is 5.41 Å². The third-order valence-corrected chi connectivity index (χ3v) is 4.87. The highest BCUT2D eigenvalue weighted by Gasteiger charge is 2.23. The van der Waals surface area contributed by atoms with Crippen molar-refractivity contribution in [1.82, 2.24) is 9.80 Å². The zero-order chi connectivity index (χ0) is 16.2. The SMILES string of the molecule is CCC(C)(C)c1ccc(C(=O)N2CCN(CCO)CC2)cc1. The van der Waals surface area contributed by atoms with Gasteiger partial charge in [0.15, 0.2) is 0 Å². The van der Waals surface area contributed by atoms with Crippen molar-refractivity contribution in [2.24, 2.45) is 0 Å². The third-order valence-electron chi connectivity index (χ3n) is 4.87. The Hall–Kier alpha value is -1.39. The monoisotopic (exact) mass is 304 g/mol. The Morgan fingerprint density at radius 1 is 1.14 bits per heavy atom. The molecule has 1 N–H and O–H groups in total. The fourth-order valence-corrected chi connectivity index (χ4v) is 2.77. The van der Waals surface area contributed by atoms with Gasteiger partial charge in [0.25, 0.3) is 5.91 Å². The molecular formula is C18H28N2O2. The molecule has 0 unspecified atom stereocenters. The minimum atomic E-state index is 0.115. The Morgan fingerprint density at radius 3 is 2.23 bits per heavy atom. The van der Waals surface area contributed by atoms with Crippen molar-refractivity contribution < 1.29 is 9.90 Å². The first-order chi connectivity index (χ1) is 10.5. The summed E-state index contributed by atoms with van der Waals surface area (Å²) in [6, 6.07) is 8.07. The molecule has 0 aliphatic carbocycles. The molecule has 0 aromatic heterocycles. The van der Waals surface area contributed by atoms with E-state index in [4.69, 9.17) is 5.11 Å². The molecule has 4 nitrogen and oxygen atoms in total. The zero-order valence-corrected chi connectivity index (χ0v) is 14.0. The van der Waals surface area contributed by atoms with Crippen molar-refractivity contribution in [3.05, 3.63) is 35.4 Å². The van der Waals surface area contributed by atoms with Crippen LogP contribution in [0.3, 0.4) is 0 Å². The maximum Gasteiger partial charge on any atom is 0.253 e. The van der Waals surface area contributed by atoms with Crippen molar-refractivity contribution in [3.63, 3.8) is 0 Å². The first kappa shape index (κ1) is 17.0. The molecule has 0 atom stereocenters. The second-order valence-electron chi connectivity index (χ2n) is 6.67. The van der Waals surface area contributed by atoms with Gasteiger partial charge in [0.1, 0.15) is 0 Å². The summed E-state index contributed by atoms with van der Waals surface area (Å²) in [4.78, 5) is 16.7. The molecular weight excluding hydrogens is 276 g/mol. The van der Waals surface area contributed by atoms with E-state index >= 15 is 0 Å². The molecule has 1 aliphatic rings. The molecule has 22 heavy (non-hydrogen) atoms. The molecule has 1 aromatic carbocycles. The molecule has 1 amide bonds. The highest BCUT2D eigenvalue weighted by Crippen LogP contribution is 2.26. The number of carbonyl (C=O) groups is 1. The van der Waals surface area contributed by atoms with Crippen LogP contribution in [0.5, 0.6) is 0 Å². The van der Waals surface area contributed by atoms with E-state index in [-0.39, 0.29) is 17.9 Å². The van der Waals surface area contributed by atoms with Crippen LogP contribution < -0.4 is 0 Å². The van der Waals surface area contributed by atoms with Crippen LogP contribution in [0, 0.1) is 0 Å². The number of hydrogen-bond acceptors (Lipinski definition) is 3. The minimum Gasteiger partial charge on any atom is -0.395 e. The van der Waals surface area contributed by atoms with E-state index in [1.807, 2.05) is 17.0 Å². The largest absolute Gasteiger partial charge is 0.395 e. The predicted octanol–water partition coefficient (Wildman–Crippen LogP) is 2.12. The van der Waals surface area contributed by atoms with Gasteiger partial charge in [0, 0.05) is 38.3 Å². The Bertz CT molecular complexity index is 488. The number of aliphatic hydroxyl groups excluding tert-OH is 1. The van der Waals surface area contributed by atoms with Crippen LogP contribution in [0.15, 0.2) is 24.3 Å². The summed E-state index contributed by atoms with van der Waals surface area (Å²) in [7, 11) is 0. The first-order valence-corrected chi connectivity index (χ1v) is 8.21. The molecule has 0 saturated carbocycles. The van der Waals surface area contributed by atoms with Gasteiger partial charge >= 0.3 is 0 Å². The molecule has 1 saturated heterocycles. The van der Waals surface area contributed by atoms with Gasteiger partial charge in [-0.1, -0.05) is 32.9 Å². The Balaban J connectivity index is 1.99. The van der Waals surface area contributed by atoms with Crippen LogP contribution in [-0.4, -0.2) is 60.1 Å². The molecule has 1 heterocycles. The number of benzene rings is 1. The van der Waals surface area contributed by atoms with Crippen molar-refractivity contribution in [2.75, 3.05) is 39.3 Å². The Kier molecular flexibility index (Phi) is 5.59. The fourth-order valence-electron chi connectivity index (χ4n) is 2.77. The lowest BCUT2D eigenvalue weighted by molar-refractivity contribution is 0.0615. The van der Waals surface area contributed by atoms with Crippen LogP contribution in [0.1, 0.15) is 43.1 Å². The molecule has 1 fully saturated rings. The molecule has 1 aliphatic heterocycles. The van der Waals surface area contributed by atoms with Crippen LogP contribution >= 0.6 is 0 Å². The lowest BCUT2D eigenvalue weighted by atomic mass is 9.82. The number of hydrogen-bond donors (Lipinski definition) is 1. The lowest BCUT2D eigenvalue weighted by Gasteiger charge is -2.34. The molecule has 2 rings (SSSR count). The standard InChI is InChI=1S/C18H28N2O2/c1-4-18(2,3)16-7-5-15(6-8-16)17(22)20-11-9-19(10-12-20)13-14-21/h5-8,21H,4,9-14H2,1-3H3. The normalized spacial score (nSPS) is 16.8. The fraction of sp³-hybridized carbons (Fsp3) is 0.611. The first-order valence-electron chi connectivity index (χ1n) is 8.21. The Labute approximate surface area is 133 Å². The second kappa shape index (κ2) is 7.25. The van der Waals surface area contributed by atoms with Gasteiger partial charge in [-0.25, -0.2) is 0 Å². The summed E-state index contributed by atoms with van der Waals surface area (Å²) < 4.78 is 0. The van der Waals surface area contributed by atoms with Crippen molar-refractivity contribution in [2.45, 2.75) is 32.6 Å². The maximum absolute atomic E-state index is 12.6. The average Bonchev–Trinajstić information content (AvgIpc) is 2.55. The van der Waals surface area contributed by atoms with E-state index in [0.29, 0.717) is 6.54 Å². The van der Waals surface area contributed by atoms with E-state index in [1.54, 1.807) is 0 Å². The van der Waals surface area contributed by atoms with E-state index in [2.05, 4.69) is 37.8 Å². The summed E-state index contributed by atoms with van der Waals surface area (Å²) in [6.45, 7) is 10.7. The number of amides is 1. The second-order valence-corrected chi connectivity index (χ2v) is 6.67. The number of rotatable bonds is 5. The van der Waals surface area contributed by atoms with Gasteiger partial charge in [-0.2, -0.15) is 0 Å². The van der Waals surface area contributed by atoms with Gasteiger partial charge in [0.2, 0.25) is 0 Å². The summed E-state index contributed by atoms with van der Waals surface area (Å²) in [6.07, 6.45) is 1.08. The van der Waals surface area contributed by atoms with Crippen molar-refractivity contribution in [3.8, 4) is 0 Å². The third kappa shape index (κ3) is 3.87. The summed E-state index contributed by atoms with van der Waals surface area (Å²) in [5.74, 6) is 0.115. The van der Waals surface area contributed by atoms with Gasteiger partial charge in [0.05, 0.1) is 6.61 Å². The van der Waals surface area contributed by atoms with Crippen LogP contribution in [0.2, 0.25) is 0 Å². The van der Waals surface area contributed by atoms with Gasteiger partial charge in [-0.05, 0) is 29.5 Å². The van der Waals surface area contributed by atoms with Gasteiger partial charge < -0.3 is 10.0 Å². The smallest absolute Gasteiger partial charge is 0.253 e. The molecule has 122 valence electrons. The summed E-state index contributed by atoms with van der Waals surface area (Å²) in [5, 5.41) is 8.96. The molecule has 0 radical (unpaired) electrons. The zero-order valence-electron chi connectivity index (χ0n) is 14.0. The average molecular weight is 304 g/mol. The van der Waals surface area contributed by atoms with Crippen LogP contribution in [0.4, 0.5) is 0 Å². The molecule has 0 bridgehead atoms. The van der Waals surface area contributed by atoms with Gasteiger partial charge in [-0.3, -0.25) is 9.69 Å². The lowest BCUT2D eigenvalue weighted by Crippen LogP contribution is -2.49. The minimum absolute atomic E-state index is 0.115. The number of nitrogens with zero attached hydrogens (tertiary/aromatic N) is 2. The van der Waals surface area contributed by atoms with E-state index in [0.717, 1.165) is 38.2 Å². The van der Waals surface area contributed by atoms with Crippen LogP contribution in [0.25, 0.3) is 0 Å². The number of β-amino-alcohol motifs (C(OH)–C–C–N with tert-alkyl or cyclic N) is 1. The quantitative estimate of drug-likeness (QED) is 0.906. The van der Waals surface area contributed by atoms with Crippen molar-refractivity contribution >= 4 is 5.91 Å². The molecule has 1 aromatic rings. The summed E-state index contributed by atoms with van der Waals surface area (Å²) in [5.41, 5.74) is 2.20. The van der Waals surface area contributed by atoms with E-state index < -0.39 is 0 Å². The van der Waals surface area contributed by atoms with Gasteiger partial charge in [-0.15, -0.1) is 0 Å². The molecule has 4 heteroatoms. The number of aliphatic hydroxyl groups is 1.